The molecule has 34 heavy (non-hydrogen) atoms. The van der Waals surface area contributed by atoms with E-state index in [-0.39, 0.29) is 16.8 Å². The predicted molar refractivity (Wildman–Crippen MR) is 130 cm³/mol. The van der Waals surface area contributed by atoms with Crippen LogP contribution in [0.3, 0.4) is 0 Å². The minimum Gasteiger partial charge on any atom is -0.493 e. The highest BCUT2D eigenvalue weighted by molar-refractivity contribution is 9.10. The highest BCUT2D eigenvalue weighted by Gasteiger charge is 2.45. The summed E-state index contributed by atoms with van der Waals surface area (Å²) >= 11 is 4.64. The Morgan fingerprint density at radius 1 is 1.03 bits per heavy atom. The summed E-state index contributed by atoms with van der Waals surface area (Å²) < 4.78 is 23.2. The van der Waals surface area contributed by atoms with E-state index in [0.717, 1.165) is 4.47 Å². The Hall–Kier alpha value is -3.44. The van der Waals surface area contributed by atoms with Crippen molar-refractivity contribution in [3.05, 3.63) is 66.9 Å². The number of anilines is 1. The number of amides is 1. The summed E-state index contributed by atoms with van der Waals surface area (Å²) in [5, 5.41) is 9.61. The molecule has 0 aliphatic carbocycles. The average Bonchev–Trinajstić information content (AvgIpc) is 3.39. The first-order valence-electron chi connectivity index (χ1n) is 10.1. The SMILES string of the molecule is COc1cc(C2c3c(oc4ccc(Br)cc4c3=O)C(=O)N2c2nnc(C)s2)cc(OC)c1OC. The van der Waals surface area contributed by atoms with Crippen molar-refractivity contribution in [3.8, 4) is 17.2 Å². The van der Waals surface area contributed by atoms with Crippen LogP contribution >= 0.6 is 27.3 Å². The van der Waals surface area contributed by atoms with E-state index in [0.29, 0.717) is 43.9 Å². The topological polar surface area (TPSA) is 104 Å². The molecular formula is C23H18BrN3O6S. The van der Waals surface area contributed by atoms with E-state index in [1.165, 1.54) is 37.6 Å². The number of aromatic nitrogens is 2. The fourth-order valence-electron chi connectivity index (χ4n) is 4.10. The van der Waals surface area contributed by atoms with E-state index >= 15 is 0 Å². The van der Waals surface area contributed by atoms with Crippen molar-refractivity contribution < 1.29 is 23.4 Å². The molecule has 1 amide bonds. The number of nitrogens with zero attached hydrogens (tertiary/aromatic N) is 3. The smallest absolute Gasteiger partial charge is 0.297 e. The molecule has 5 rings (SSSR count). The third-order valence-corrected chi connectivity index (χ3v) is 6.89. The monoisotopic (exact) mass is 543 g/mol. The van der Waals surface area contributed by atoms with Gasteiger partial charge in [0, 0.05) is 4.47 Å². The van der Waals surface area contributed by atoms with E-state index in [9.17, 15) is 9.59 Å². The summed E-state index contributed by atoms with van der Waals surface area (Å²) in [5.74, 6) is 0.655. The second kappa shape index (κ2) is 8.41. The quantitative estimate of drug-likeness (QED) is 0.362. The van der Waals surface area contributed by atoms with E-state index in [2.05, 4.69) is 26.1 Å². The number of aryl methyl sites for hydroxylation is 1. The average molecular weight is 544 g/mol. The Kier molecular flexibility index (Phi) is 5.53. The van der Waals surface area contributed by atoms with Gasteiger partial charge in [-0.2, -0.15) is 0 Å². The van der Waals surface area contributed by atoms with Crippen molar-refractivity contribution in [2.45, 2.75) is 13.0 Å². The first kappa shape index (κ1) is 22.4. The molecule has 2 aromatic heterocycles. The Bertz CT molecular complexity index is 1490. The van der Waals surface area contributed by atoms with Gasteiger partial charge in [0.2, 0.25) is 16.6 Å². The zero-order valence-electron chi connectivity index (χ0n) is 18.5. The lowest BCUT2D eigenvalue weighted by Crippen LogP contribution is -2.29. The van der Waals surface area contributed by atoms with Crippen LogP contribution in [0.5, 0.6) is 17.2 Å². The van der Waals surface area contributed by atoms with Crippen LogP contribution in [0, 0.1) is 6.92 Å². The Balaban J connectivity index is 1.84. The van der Waals surface area contributed by atoms with Crippen LogP contribution in [0.15, 0.2) is 44.0 Å². The maximum Gasteiger partial charge on any atom is 0.297 e. The van der Waals surface area contributed by atoms with Crippen molar-refractivity contribution >= 4 is 49.3 Å². The Morgan fingerprint density at radius 3 is 2.32 bits per heavy atom. The van der Waals surface area contributed by atoms with Gasteiger partial charge in [0.05, 0.1) is 38.3 Å². The van der Waals surface area contributed by atoms with Crippen molar-refractivity contribution in [1.29, 1.82) is 0 Å². The molecule has 0 saturated heterocycles. The lowest BCUT2D eigenvalue weighted by molar-refractivity contribution is 0.0970. The van der Waals surface area contributed by atoms with Gasteiger partial charge in [-0.3, -0.25) is 14.5 Å². The van der Waals surface area contributed by atoms with Gasteiger partial charge >= 0.3 is 0 Å². The molecule has 1 atom stereocenters. The van der Waals surface area contributed by atoms with E-state index < -0.39 is 11.9 Å². The second-order valence-electron chi connectivity index (χ2n) is 7.45. The summed E-state index contributed by atoms with van der Waals surface area (Å²) in [7, 11) is 4.50. The standard InChI is InChI=1S/C23H18BrN3O6S/c1-10-25-26-23(34-10)27-18(11-7-15(30-2)20(32-4)16(8-11)31-3)17-19(28)13-9-12(24)5-6-14(13)33-21(17)22(27)29/h5-9,18H,1-4H3. The van der Waals surface area contributed by atoms with Crippen LogP contribution in [0.2, 0.25) is 0 Å². The molecule has 2 aromatic carbocycles. The molecule has 0 bridgehead atoms. The van der Waals surface area contributed by atoms with Crippen molar-refractivity contribution in [2.24, 2.45) is 0 Å². The van der Waals surface area contributed by atoms with Crippen molar-refractivity contribution in [1.82, 2.24) is 10.2 Å². The minimum atomic E-state index is -0.844. The number of benzene rings is 2. The Morgan fingerprint density at radius 2 is 1.74 bits per heavy atom. The maximum atomic E-state index is 13.7. The minimum absolute atomic E-state index is 0.0357. The predicted octanol–water partition coefficient (Wildman–Crippen LogP) is 4.49. The van der Waals surface area contributed by atoms with Gasteiger partial charge in [0.15, 0.2) is 16.9 Å². The fourth-order valence-corrected chi connectivity index (χ4v) is 5.18. The number of hydrogen-bond donors (Lipinski definition) is 0. The normalized spacial score (nSPS) is 15.0. The summed E-state index contributed by atoms with van der Waals surface area (Å²) in [5.41, 5.74) is 0.779. The number of carbonyl (C=O) groups excluding carboxylic acids is 1. The van der Waals surface area contributed by atoms with Gasteiger partial charge in [-0.15, -0.1) is 10.2 Å². The first-order valence-corrected chi connectivity index (χ1v) is 11.7. The zero-order chi connectivity index (χ0) is 24.1. The lowest BCUT2D eigenvalue weighted by atomic mass is 9.98. The summed E-state index contributed by atoms with van der Waals surface area (Å²) in [6.07, 6.45) is 0. The number of halogens is 1. The van der Waals surface area contributed by atoms with Crippen LogP contribution in [0.1, 0.15) is 32.7 Å². The molecule has 1 aliphatic rings. The molecule has 3 heterocycles. The van der Waals surface area contributed by atoms with Gasteiger partial charge in [-0.25, -0.2) is 0 Å². The first-order chi connectivity index (χ1) is 16.4. The highest BCUT2D eigenvalue weighted by Crippen LogP contribution is 2.46. The molecule has 11 heteroatoms. The molecule has 0 saturated carbocycles. The fraction of sp³-hybridized carbons (Fsp3) is 0.217. The summed E-state index contributed by atoms with van der Waals surface area (Å²) in [6, 6.07) is 7.65. The van der Waals surface area contributed by atoms with Gasteiger partial charge in [-0.05, 0) is 42.8 Å². The lowest BCUT2D eigenvalue weighted by Gasteiger charge is -2.23. The van der Waals surface area contributed by atoms with Crippen molar-refractivity contribution in [2.75, 3.05) is 26.2 Å². The van der Waals surface area contributed by atoms with Crippen LogP contribution in [0.4, 0.5) is 5.13 Å². The van der Waals surface area contributed by atoms with Crippen LogP contribution in [-0.4, -0.2) is 37.4 Å². The van der Waals surface area contributed by atoms with Gasteiger partial charge in [-0.1, -0.05) is 27.3 Å². The summed E-state index contributed by atoms with van der Waals surface area (Å²) in [6.45, 7) is 1.79. The molecule has 1 aliphatic heterocycles. The third kappa shape index (κ3) is 3.34. The molecule has 0 fully saturated rings. The largest absolute Gasteiger partial charge is 0.493 e. The van der Waals surface area contributed by atoms with Gasteiger partial charge in [0.1, 0.15) is 10.6 Å². The molecule has 1 unspecified atom stereocenters. The van der Waals surface area contributed by atoms with E-state index in [1.807, 2.05) is 0 Å². The second-order valence-corrected chi connectivity index (χ2v) is 9.53. The van der Waals surface area contributed by atoms with Gasteiger partial charge in [0.25, 0.3) is 5.91 Å². The number of rotatable bonds is 5. The Labute approximate surface area is 206 Å². The van der Waals surface area contributed by atoms with Gasteiger partial charge < -0.3 is 18.6 Å². The maximum absolute atomic E-state index is 13.7. The van der Waals surface area contributed by atoms with Crippen LogP contribution < -0.4 is 24.5 Å². The molecular weight excluding hydrogens is 526 g/mol. The number of fused-ring (bicyclic) bond motifs is 2. The van der Waals surface area contributed by atoms with Crippen LogP contribution in [-0.2, 0) is 0 Å². The number of ether oxygens (including phenoxy) is 3. The number of methoxy groups -OCH3 is 3. The molecule has 9 nitrogen and oxygen atoms in total. The highest BCUT2D eigenvalue weighted by atomic mass is 79.9. The molecule has 174 valence electrons. The third-order valence-electron chi connectivity index (χ3n) is 5.56. The zero-order valence-corrected chi connectivity index (χ0v) is 20.9. The van der Waals surface area contributed by atoms with Crippen molar-refractivity contribution in [3.63, 3.8) is 0 Å². The molecule has 0 N–H and O–H groups in total. The molecule has 0 spiro atoms. The van der Waals surface area contributed by atoms with E-state index in [4.69, 9.17) is 18.6 Å². The molecule has 4 aromatic rings. The number of hydrogen-bond acceptors (Lipinski definition) is 9. The van der Waals surface area contributed by atoms with E-state index in [1.54, 1.807) is 37.3 Å². The van der Waals surface area contributed by atoms with Crippen LogP contribution in [0.25, 0.3) is 11.0 Å². The number of carbonyl (C=O) groups is 1. The molecule has 0 radical (unpaired) electrons. The summed E-state index contributed by atoms with van der Waals surface area (Å²) in [4.78, 5) is 28.8.